The van der Waals surface area contributed by atoms with Gasteiger partial charge in [-0.25, -0.2) is 0 Å². The minimum atomic E-state index is 0. The highest BCUT2D eigenvalue weighted by atomic mass is 15.0. The molecule has 0 bridgehead atoms. The summed E-state index contributed by atoms with van der Waals surface area (Å²) in [5.74, 6) is 0. The summed E-state index contributed by atoms with van der Waals surface area (Å²) in [5.41, 5.74) is 0. The molecule has 0 spiro atoms. The molecule has 0 aliphatic carbocycles. The van der Waals surface area contributed by atoms with Crippen molar-refractivity contribution in [2.45, 2.75) is 0 Å². The van der Waals surface area contributed by atoms with Crippen LogP contribution in [0.15, 0.2) is 0 Å². The molecule has 5 heavy (non-hydrogen) atoms. The molecule has 0 aromatic carbocycles. The van der Waals surface area contributed by atoms with Crippen LogP contribution in [0.4, 0.5) is 0 Å². The third-order valence-electron chi connectivity index (χ3n) is 0. The minimum Gasteiger partial charge on any atom is -0.312 e. The zero-order chi connectivity index (χ0) is 3.58. The van der Waals surface area contributed by atoms with E-state index in [4.69, 9.17) is 0 Å². The van der Waals surface area contributed by atoms with Gasteiger partial charge in [0.25, 0.3) is 0 Å². The van der Waals surface area contributed by atoms with E-state index in [1.807, 2.05) is 26.0 Å². The van der Waals surface area contributed by atoms with E-state index in [9.17, 15) is 0 Å². The van der Waals surface area contributed by atoms with Crippen LogP contribution < -0.4 is 0 Å². The molecule has 1 heteroatoms. The summed E-state index contributed by atoms with van der Waals surface area (Å²) in [6.45, 7) is 0. The predicted octanol–water partition coefficient (Wildman–Crippen LogP) is 0.628. The fourth-order valence-corrected chi connectivity index (χ4v) is 0. The van der Waals surface area contributed by atoms with Crippen molar-refractivity contribution in [2.24, 2.45) is 0 Å². The molecular weight excluding hydrogens is 62.1 g/mol. The van der Waals surface area contributed by atoms with Gasteiger partial charge in [-0.3, -0.25) is 0 Å². The average Bonchev–Trinajstić information content (AvgIpc) is 0.811. The molecule has 1 radical (unpaired) electrons. The Labute approximate surface area is 34.6 Å². The van der Waals surface area contributed by atoms with Crippen molar-refractivity contribution in [1.82, 2.24) is 4.90 Å². The molecule has 0 N–H and O–H groups in total. The Bertz CT molecular complexity index is 8.36. The van der Waals surface area contributed by atoms with Crippen LogP contribution in [0.2, 0.25) is 0 Å². The van der Waals surface area contributed by atoms with E-state index in [0.717, 1.165) is 0 Å². The topological polar surface area (TPSA) is 3.24 Å². The second-order valence-corrected chi connectivity index (χ2v) is 1.34. The van der Waals surface area contributed by atoms with E-state index in [1.54, 1.807) is 0 Å². The summed E-state index contributed by atoms with van der Waals surface area (Å²) in [6, 6.07) is 0. The molecule has 0 heterocycles. The molecule has 0 saturated heterocycles. The van der Waals surface area contributed by atoms with E-state index in [-0.39, 0.29) is 7.43 Å². The Morgan fingerprint density at radius 1 is 1.00 bits per heavy atom. The van der Waals surface area contributed by atoms with E-state index in [0.29, 0.717) is 0 Å². The van der Waals surface area contributed by atoms with E-state index in [2.05, 4.69) is 0 Å². The molecule has 0 aliphatic heterocycles. The van der Waals surface area contributed by atoms with Gasteiger partial charge in [0.1, 0.15) is 0 Å². The van der Waals surface area contributed by atoms with Crippen molar-refractivity contribution in [3.63, 3.8) is 0 Å². The van der Waals surface area contributed by atoms with Crippen LogP contribution in [0.3, 0.4) is 0 Å². The monoisotopic (exact) mass is 74.1 g/mol. The van der Waals surface area contributed by atoms with Crippen LogP contribution in [0.5, 0.6) is 0 Å². The van der Waals surface area contributed by atoms with Gasteiger partial charge in [0.15, 0.2) is 0 Å². The average molecular weight is 74.1 g/mol. The quantitative estimate of drug-likeness (QED) is 0.407. The lowest BCUT2D eigenvalue weighted by Crippen LogP contribution is -1.99. The number of nitrogens with zero attached hydrogens (tertiary/aromatic N) is 1. The Balaban J connectivity index is 0. The maximum absolute atomic E-state index is 2.00. The summed E-state index contributed by atoms with van der Waals surface area (Å²) in [4.78, 5) is 2.00. The highest BCUT2D eigenvalue weighted by Crippen LogP contribution is 1.47. The largest absolute Gasteiger partial charge is 0.312 e. The third kappa shape index (κ3) is 9510. The summed E-state index contributed by atoms with van der Waals surface area (Å²) < 4.78 is 0. The van der Waals surface area contributed by atoms with E-state index in [1.165, 1.54) is 0 Å². The zero-order valence-corrected chi connectivity index (χ0v) is 4.45. The van der Waals surface area contributed by atoms with E-state index >= 15 is 0 Å². The van der Waals surface area contributed by atoms with Crippen LogP contribution in [0.1, 0.15) is 0 Å². The second-order valence-electron chi connectivity index (χ2n) is 1.34. The van der Waals surface area contributed by atoms with Gasteiger partial charge < -0.3 is 4.90 Å². The van der Waals surface area contributed by atoms with Crippen LogP contribution in [0.25, 0.3) is 0 Å². The highest BCUT2D eigenvalue weighted by Gasteiger charge is 1.58. The van der Waals surface area contributed by atoms with Crippen LogP contribution in [-0.2, 0) is 0 Å². The number of hydrogen-bond donors (Lipinski definition) is 0. The first-order valence-electron chi connectivity index (χ1n) is 1.34. The molecule has 1 nitrogen and oxygen atoms in total. The summed E-state index contributed by atoms with van der Waals surface area (Å²) >= 11 is 0. The van der Waals surface area contributed by atoms with Crippen molar-refractivity contribution < 1.29 is 0 Å². The first-order valence-corrected chi connectivity index (χ1v) is 1.34. The molecule has 0 aromatic heterocycles. The third-order valence-corrected chi connectivity index (χ3v) is 0. The Kier molecular flexibility index (Phi) is 7.03. The molecule has 0 amide bonds. The van der Waals surface area contributed by atoms with Crippen molar-refractivity contribution in [2.75, 3.05) is 21.1 Å². The van der Waals surface area contributed by atoms with Gasteiger partial charge in [0, 0.05) is 0 Å². The molecule has 0 unspecified atom stereocenters. The van der Waals surface area contributed by atoms with Crippen molar-refractivity contribution in [1.29, 1.82) is 0 Å². The maximum Gasteiger partial charge on any atom is -0.0140 e. The van der Waals surface area contributed by atoms with E-state index < -0.39 is 0 Å². The van der Waals surface area contributed by atoms with Gasteiger partial charge in [0.05, 0.1) is 0 Å². The maximum atomic E-state index is 2.00. The molecule has 0 rings (SSSR count). The van der Waals surface area contributed by atoms with Gasteiger partial charge in [-0.15, -0.1) is 0 Å². The smallest absolute Gasteiger partial charge is 0.0140 e. The second kappa shape index (κ2) is 3.96. The van der Waals surface area contributed by atoms with Gasteiger partial charge in [-0.2, -0.15) is 0 Å². The lowest BCUT2D eigenvalue weighted by atomic mass is 11.0. The highest BCUT2D eigenvalue weighted by molar-refractivity contribution is 4.09. The Hall–Kier alpha value is -0.0400. The zero-order valence-electron chi connectivity index (χ0n) is 4.45. The normalized spacial score (nSPS) is 7.20. The Morgan fingerprint density at radius 3 is 1.00 bits per heavy atom. The molecule has 0 saturated carbocycles. The van der Waals surface area contributed by atoms with Gasteiger partial charge in [-0.1, -0.05) is 7.43 Å². The molecule has 33 valence electrons. The van der Waals surface area contributed by atoms with Crippen molar-refractivity contribution >= 4 is 0 Å². The van der Waals surface area contributed by atoms with Crippen molar-refractivity contribution in [3.8, 4) is 0 Å². The molecule has 0 fully saturated rings. The number of rotatable bonds is 0. The summed E-state index contributed by atoms with van der Waals surface area (Å²) in [7, 11) is 6.00. The first-order chi connectivity index (χ1) is 1.73. The first kappa shape index (κ1) is 8.88. The lowest BCUT2D eigenvalue weighted by Gasteiger charge is -1.90. The SMILES string of the molecule is CN(C)C.[CH3]. The van der Waals surface area contributed by atoms with Gasteiger partial charge in [-0.05, 0) is 21.1 Å². The molecular formula is C4H12N. The molecule has 0 aromatic rings. The van der Waals surface area contributed by atoms with Gasteiger partial charge in [0.2, 0.25) is 0 Å². The number of hydrogen-bond acceptors (Lipinski definition) is 1. The predicted molar refractivity (Wildman–Crippen MR) is 26.0 cm³/mol. The Morgan fingerprint density at radius 2 is 1.00 bits per heavy atom. The van der Waals surface area contributed by atoms with Crippen LogP contribution >= 0.6 is 0 Å². The van der Waals surface area contributed by atoms with Crippen molar-refractivity contribution in [3.05, 3.63) is 7.43 Å². The molecule has 0 aliphatic rings. The lowest BCUT2D eigenvalue weighted by molar-refractivity contribution is 0.505. The van der Waals surface area contributed by atoms with Crippen LogP contribution in [0, 0.1) is 7.43 Å². The van der Waals surface area contributed by atoms with Gasteiger partial charge >= 0.3 is 0 Å². The summed E-state index contributed by atoms with van der Waals surface area (Å²) in [5, 5.41) is 0. The van der Waals surface area contributed by atoms with Crippen LogP contribution in [-0.4, -0.2) is 26.0 Å². The fourth-order valence-electron chi connectivity index (χ4n) is 0. The fraction of sp³-hybridized carbons (Fsp3) is 0.750. The standard InChI is InChI=1S/C3H9N.CH3/c1-4(2)3;/h1-3H3;1H3. The minimum absolute atomic E-state index is 0. The summed E-state index contributed by atoms with van der Waals surface area (Å²) in [6.07, 6.45) is 0. The molecule has 0 atom stereocenters.